The number of hydrogen-bond acceptors (Lipinski definition) is 4. The van der Waals surface area contributed by atoms with Crippen LogP contribution in [0.25, 0.3) is 11.3 Å². The van der Waals surface area contributed by atoms with Crippen LogP contribution in [0.3, 0.4) is 0 Å². The van der Waals surface area contributed by atoms with Crippen LogP contribution in [0.4, 0.5) is 22.4 Å². The number of ether oxygens (including phenoxy) is 1. The van der Waals surface area contributed by atoms with Gasteiger partial charge in [-0.05, 0) is 50.5 Å². The first-order valence-corrected chi connectivity index (χ1v) is 8.71. The molecule has 2 N–H and O–H groups in total. The van der Waals surface area contributed by atoms with Gasteiger partial charge in [-0.15, -0.1) is 0 Å². The second-order valence-electron chi connectivity index (χ2n) is 7.34. The number of nitrogens with one attached hydrogen (secondary N) is 1. The largest absolute Gasteiger partial charge is 0.490 e. The monoisotopic (exact) mass is 415 g/mol. The molecule has 158 valence electrons. The molecule has 1 heterocycles. The van der Waals surface area contributed by atoms with Crippen molar-refractivity contribution in [2.45, 2.75) is 38.9 Å². The summed E-state index contributed by atoms with van der Waals surface area (Å²) >= 11 is 0. The highest BCUT2D eigenvalue weighted by atomic mass is 19.4. The van der Waals surface area contributed by atoms with E-state index in [1.54, 1.807) is 13.8 Å². The van der Waals surface area contributed by atoms with Crippen LogP contribution in [-0.2, 0) is 6.18 Å². The lowest BCUT2D eigenvalue weighted by atomic mass is 9.92. The zero-order valence-electron chi connectivity index (χ0n) is 16.0. The summed E-state index contributed by atoms with van der Waals surface area (Å²) < 4.78 is 58.0. The maximum Gasteiger partial charge on any atom is 0.451 e. The molecule has 0 aliphatic carbocycles. The number of halogens is 4. The van der Waals surface area contributed by atoms with E-state index in [0.29, 0.717) is 6.42 Å². The number of carboxylic acid groups (broad SMARTS) is 1. The molecule has 1 atom stereocenters. The first-order valence-electron chi connectivity index (χ1n) is 8.71. The lowest BCUT2D eigenvalue weighted by Crippen LogP contribution is -2.44. The Morgan fingerprint density at radius 1 is 1.28 bits per heavy atom. The van der Waals surface area contributed by atoms with Gasteiger partial charge in [-0.25, -0.2) is 19.2 Å². The molecule has 2 aromatic rings. The summed E-state index contributed by atoms with van der Waals surface area (Å²) in [6.07, 6.45) is -4.41. The van der Waals surface area contributed by atoms with Gasteiger partial charge in [0.1, 0.15) is 0 Å². The average molecular weight is 415 g/mol. The molecule has 0 saturated carbocycles. The van der Waals surface area contributed by atoms with Gasteiger partial charge < -0.3 is 15.2 Å². The van der Waals surface area contributed by atoms with Crippen LogP contribution in [0.5, 0.6) is 5.75 Å². The average Bonchev–Trinajstić information content (AvgIpc) is 2.58. The molecule has 0 aliphatic heterocycles. The molecular formula is C19H21F4N3O3. The molecule has 6 nitrogen and oxygen atoms in total. The Labute approximate surface area is 164 Å². The Bertz CT molecular complexity index is 872. The van der Waals surface area contributed by atoms with Crippen molar-refractivity contribution in [3.63, 3.8) is 0 Å². The highest BCUT2D eigenvalue weighted by molar-refractivity contribution is 5.65. The summed E-state index contributed by atoms with van der Waals surface area (Å²) in [4.78, 5) is 17.4. The van der Waals surface area contributed by atoms with E-state index in [2.05, 4.69) is 15.3 Å². The van der Waals surface area contributed by atoms with Crippen LogP contribution in [0.2, 0.25) is 0 Å². The van der Waals surface area contributed by atoms with Gasteiger partial charge in [-0.1, -0.05) is 6.92 Å². The fourth-order valence-electron chi connectivity index (χ4n) is 2.94. The van der Waals surface area contributed by atoms with Gasteiger partial charge in [0.15, 0.2) is 11.6 Å². The van der Waals surface area contributed by atoms with Gasteiger partial charge in [0.25, 0.3) is 0 Å². The van der Waals surface area contributed by atoms with Gasteiger partial charge in [-0.3, -0.25) is 0 Å². The zero-order chi connectivity index (χ0) is 21.8. The Morgan fingerprint density at radius 2 is 1.97 bits per heavy atom. The van der Waals surface area contributed by atoms with Crippen LogP contribution < -0.4 is 10.1 Å². The summed E-state index contributed by atoms with van der Waals surface area (Å²) in [5.41, 5.74) is -0.588. The fourth-order valence-corrected chi connectivity index (χ4v) is 2.94. The van der Waals surface area contributed by atoms with E-state index in [4.69, 9.17) is 9.84 Å². The minimum atomic E-state index is -4.70. The van der Waals surface area contributed by atoms with Crippen molar-refractivity contribution in [1.29, 1.82) is 0 Å². The third-order valence-corrected chi connectivity index (χ3v) is 3.96. The predicted octanol–water partition coefficient (Wildman–Crippen LogP) is 4.75. The van der Waals surface area contributed by atoms with Gasteiger partial charge in [0.05, 0.1) is 12.3 Å². The summed E-state index contributed by atoms with van der Waals surface area (Å²) in [7, 11) is 0. The molecule has 1 amide bonds. The number of amides is 1. The smallest absolute Gasteiger partial charge is 0.451 e. The minimum absolute atomic E-state index is 0.0605. The summed E-state index contributed by atoms with van der Waals surface area (Å²) in [6, 6.07) is 5.01. The molecule has 10 heteroatoms. The third-order valence-electron chi connectivity index (χ3n) is 3.96. The van der Waals surface area contributed by atoms with E-state index < -0.39 is 29.5 Å². The van der Waals surface area contributed by atoms with Crippen molar-refractivity contribution < 1.29 is 32.2 Å². The zero-order valence-corrected chi connectivity index (χ0v) is 16.0. The Kier molecular flexibility index (Phi) is 6.66. The number of benzene rings is 1. The van der Waals surface area contributed by atoms with Crippen LogP contribution in [0.1, 0.15) is 33.0 Å². The van der Waals surface area contributed by atoms with Crippen molar-refractivity contribution >= 4 is 6.09 Å². The topological polar surface area (TPSA) is 84.3 Å². The molecule has 0 radical (unpaired) electrons. The molecule has 0 saturated heterocycles. The molecule has 2 rings (SSSR count). The van der Waals surface area contributed by atoms with Crippen molar-refractivity contribution in [2.24, 2.45) is 5.92 Å². The molecule has 0 unspecified atom stereocenters. The molecular weight excluding hydrogens is 394 g/mol. The van der Waals surface area contributed by atoms with E-state index in [1.165, 1.54) is 18.2 Å². The molecule has 0 spiro atoms. The highest BCUT2D eigenvalue weighted by Gasteiger charge is 2.34. The lowest BCUT2D eigenvalue weighted by Gasteiger charge is -2.28. The molecule has 0 fully saturated rings. The van der Waals surface area contributed by atoms with E-state index in [1.807, 2.05) is 6.92 Å². The lowest BCUT2D eigenvalue weighted by molar-refractivity contribution is -0.144. The molecule has 0 aliphatic rings. The van der Waals surface area contributed by atoms with E-state index in [9.17, 15) is 22.4 Å². The van der Waals surface area contributed by atoms with Crippen LogP contribution in [0, 0.1) is 11.7 Å². The Morgan fingerprint density at radius 3 is 2.55 bits per heavy atom. The number of aromatic nitrogens is 2. The molecule has 1 aromatic carbocycles. The first-order chi connectivity index (χ1) is 13.4. The maximum absolute atomic E-state index is 14.3. The standard InChI is InChI=1S/C19H21F4N3O3/c1-11(9-18(2,3)26-17(27)28)10-29-15-5-4-12(8-13(15)20)14-6-7-24-16(25-14)19(21,22)23/h4-8,11,26H,9-10H2,1-3H3,(H,27,28)/t11-/m0/s1. The predicted molar refractivity (Wildman–Crippen MR) is 96.9 cm³/mol. The first kappa shape index (κ1) is 22.4. The second-order valence-corrected chi connectivity index (χ2v) is 7.34. The highest BCUT2D eigenvalue weighted by Crippen LogP contribution is 2.29. The summed E-state index contributed by atoms with van der Waals surface area (Å²) in [5.74, 6) is -2.20. The SMILES string of the molecule is C[C@H](COc1ccc(-c2ccnc(C(F)(F)F)n2)cc1F)CC(C)(C)NC(=O)O. The number of carbonyl (C=O) groups is 1. The van der Waals surface area contributed by atoms with E-state index in [-0.39, 0.29) is 29.5 Å². The van der Waals surface area contributed by atoms with E-state index >= 15 is 0 Å². The number of rotatable bonds is 7. The Hall–Kier alpha value is -2.91. The molecule has 29 heavy (non-hydrogen) atoms. The van der Waals surface area contributed by atoms with Crippen molar-refractivity contribution in [3.8, 4) is 17.0 Å². The normalized spacial score (nSPS) is 13.1. The second kappa shape index (κ2) is 8.62. The minimum Gasteiger partial charge on any atom is -0.490 e. The van der Waals surface area contributed by atoms with Crippen LogP contribution in [0.15, 0.2) is 30.5 Å². The maximum atomic E-state index is 14.3. The number of alkyl halides is 3. The van der Waals surface area contributed by atoms with Crippen LogP contribution in [-0.4, -0.2) is 33.3 Å². The number of hydrogen-bond donors (Lipinski definition) is 2. The fraction of sp³-hybridized carbons (Fsp3) is 0.421. The van der Waals surface area contributed by atoms with Gasteiger partial charge in [0, 0.05) is 17.3 Å². The van der Waals surface area contributed by atoms with Gasteiger partial charge in [-0.2, -0.15) is 13.2 Å². The van der Waals surface area contributed by atoms with Gasteiger partial charge >= 0.3 is 12.3 Å². The Balaban J connectivity index is 2.06. The summed E-state index contributed by atoms with van der Waals surface area (Å²) in [5, 5.41) is 11.2. The van der Waals surface area contributed by atoms with Crippen molar-refractivity contribution in [1.82, 2.24) is 15.3 Å². The van der Waals surface area contributed by atoms with Crippen LogP contribution >= 0.6 is 0 Å². The number of nitrogens with zero attached hydrogens (tertiary/aromatic N) is 2. The summed E-state index contributed by atoms with van der Waals surface area (Å²) in [6.45, 7) is 5.41. The quantitative estimate of drug-likeness (QED) is 0.638. The molecule has 0 bridgehead atoms. The van der Waals surface area contributed by atoms with Gasteiger partial charge in [0.2, 0.25) is 5.82 Å². The molecule has 1 aromatic heterocycles. The van der Waals surface area contributed by atoms with E-state index in [0.717, 1.165) is 12.3 Å². The van der Waals surface area contributed by atoms with Crippen molar-refractivity contribution in [3.05, 3.63) is 42.1 Å². The third kappa shape index (κ3) is 6.58. The van der Waals surface area contributed by atoms with Crippen molar-refractivity contribution in [2.75, 3.05) is 6.61 Å².